The van der Waals surface area contributed by atoms with Crippen LogP contribution in [0.5, 0.6) is 5.75 Å². The predicted octanol–water partition coefficient (Wildman–Crippen LogP) is 2.84. The molecule has 0 unspecified atom stereocenters. The number of aliphatic hydroxyl groups excluding tert-OH is 1. The SMILES string of the molecule is COc1ccc(C2=C(SCCO)C(=O)N(Cc3ccc(F)cc3)C2=O)cc1. The maximum Gasteiger partial charge on any atom is 0.268 e. The van der Waals surface area contributed by atoms with Crippen LogP contribution in [0.4, 0.5) is 4.39 Å². The summed E-state index contributed by atoms with van der Waals surface area (Å²) >= 11 is 1.15. The van der Waals surface area contributed by atoms with E-state index in [0.717, 1.165) is 16.7 Å². The van der Waals surface area contributed by atoms with E-state index in [9.17, 15) is 14.0 Å². The molecule has 1 N–H and O–H groups in total. The van der Waals surface area contributed by atoms with Crippen molar-refractivity contribution in [2.45, 2.75) is 6.54 Å². The van der Waals surface area contributed by atoms with Crippen molar-refractivity contribution in [1.82, 2.24) is 4.90 Å². The summed E-state index contributed by atoms with van der Waals surface area (Å²) in [5.41, 5.74) is 1.57. The van der Waals surface area contributed by atoms with Gasteiger partial charge < -0.3 is 9.84 Å². The lowest BCUT2D eigenvalue weighted by Crippen LogP contribution is -2.31. The second kappa shape index (κ2) is 8.37. The Kier molecular flexibility index (Phi) is 5.93. The zero-order chi connectivity index (χ0) is 19.4. The van der Waals surface area contributed by atoms with Crippen LogP contribution in [0.15, 0.2) is 53.4 Å². The molecule has 1 aliphatic heterocycles. The van der Waals surface area contributed by atoms with Gasteiger partial charge in [0.2, 0.25) is 0 Å². The van der Waals surface area contributed by atoms with E-state index >= 15 is 0 Å². The highest BCUT2D eigenvalue weighted by Crippen LogP contribution is 2.37. The number of carbonyl (C=O) groups is 2. The molecule has 2 aromatic carbocycles. The maximum absolute atomic E-state index is 13.1. The van der Waals surface area contributed by atoms with E-state index in [0.29, 0.717) is 33.1 Å². The zero-order valence-electron chi connectivity index (χ0n) is 14.6. The first-order chi connectivity index (χ1) is 13.0. The number of ether oxygens (including phenoxy) is 1. The molecule has 1 heterocycles. The third-order valence-electron chi connectivity index (χ3n) is 4.10. The molecule has 1 aliphatic rings. The quantitative estimate of drug-likeness (QED) is 0.740. The van der Waals surface area contributed by atoms with Crippen molar-refractivity contribution in [3.63, 3.8) is 0 Å². The number of imide groups is 1. The number of carbonyl (C=O) groups excluding carboxylic acids is 2. The van der Waals surface area contributed by atoms with Crippen molar-refractivity contribution in [2.24, 2.45) is 0 Å². The van der Waals surface area contributed by atoms with Crippen LogP contribution in [0.1, 0.15) is 11.1 Å². The fourth-order valence-corrected chi connectivity index (χ4v) is 3.64. The van der Waals surface area contributed by atoms with Gasteiger partial charge >= 0.3 is 0 Å². The lowest BCUT2D eigenvalue weighted by molar-refractivity contribution is -0.137. The first kappa shape index (κ1) is 19.1. The number of rotatable bonds is 7. The Bertz CT molecular complexity index is 878. The largest absolute Gasteiger partial charge is 0.497 e. The Balaban J connectivity index is 1.93. The number of hydrogen-bond donors (Lipinski definition) is 1. The zero-order valence-corrected chi connectivity index (χ0v) is 15.5. The number of thioether (sulfide) groups is 1. The molecule has 0 saturated carbocycles. The third kappa shape index (κ3) is 4.04. The Morgan fingerprint density at radius 2 is 1.70 bits per heavy atom. The molecule has 140 valence electrons. The normalized spacial score (nSPS) is 14.3. The molecule has 3 rings (SSSR count). The van der Waals surface area contributed by atoms with Crippen LogP contribution in [0.3, 0.4) is 0 Å². The summed E-state index contributed by atoms with van der Waals surface area (Å²) in [6.07, 6.45) is 0. The number of hydrogen-bond acceptors (Lipinski definition) is 5. The van der Waals surface area contributed by atoms with E-state index in [-0.39, 0.29) is 19.0 Å². The molecule has 27 heavy (non-hydrogen) atoms. The van der Waals surface area contributed by atoms with Crippen LogP contribution in [0.25, 0.3) is 5.57 Å². The molecule has 7 heteroatoms. The summed E-state index contributed by atoms with van der Waals surface area (Å²) in [6.45, 7) is -0.0513. The average molecular weight is 387 g/mol. The molecule has 0 saturated heterocycles. The molecule has 0 aromatic heterocycles. The van der Waals surface area contributed by atoms with Gasteiger partial charge in [-0.15, -0.1) is 11.8 Å². The number of benzene rings is 2. The van der Waals surface area contributed by atoms with Crippen molar-refractivity contribution >= 4 is 29.1 Å². The molecule has 0 atom stereocenters. The van der Waals surface area contributed by atoms with Gasteiger partial charge in [0.15, 0.2) is 0 Å². The number of nitrogens with zero attached hydrogens (tertiary/aromatic N) is 1. The lowest BCUT2D eigenvalue weighted by atomic mass is 10.1. The highest BCUT2D eigenvalue weighted by atomic mass is 32.2. The van der Waals surface area contributed by atoms with Gasteiger partial charge in [-0.2, -0.15) is 0 Å². The van der Waals surface area contributed by atoms with Crippen LogP contribution in [-0.4, -0.2) is 41.3 Å². The predicted molar refractivity (Wildman–Crippen MR) is 101 cm³/mol. The van der Waals surface area contributed by atoms with Crippen LogP contribution in [0.2, 0.25) is 0 Å². The van der Waals surface area contributed by atoms with Crippen molar-refractivity contribution in [3.8, 4) is 5.75 Å². The van der Waals surface area contributed by atoms with E-state index < -0.39 is 11.8 Å². The first-order valence-corrected chi connectivity index (χ1v) is 9.26. The van der Waals surface area contributed by atoms with Gasteiger partial charge in [-0.05, 0) is 35.4 Å². The molecule has 2 aromatic rings. The van der Waals surface area contributed by atoms with E-state index in [1.54, 1.807) is 43.5 Å². The van der Waals surface area contributed by atoms with Gasteiger partial charge in [-0.1, -0.05) is 24.3 Å². The summed E-state index contributed by atoms with van der Waals surface area (Å²) in [7, 11) is 1.55. The van der Waals surface area contributed by atoms with Crippen LogP contribution >= 0.6 is 11.8 Å². The fraction of sp³-hybridized carbons (Fsp3) is 0.200. The summed E-state index contributed by atoms with van der Waals surface area (Å²) in [4.78, 5) is 27.3. The summed E-state index contributed by atoms with van der Waals surface area (Å²) in [5.74, 6) is -0.250. The Labute approximate surface area is 160 Å². The van der Waals surface area contributed by atoms with Crippen LogP contribution in [-0.2, 0) is 16.1 Å². The first-order valence-electron chi connectivity index (χ1n) is 8.28. The minimum Gasteiger partial charge on any atom is -0.497 e. The van der Waals surface area contributed by atoms with Crippen molar-refractivity contribution in [1.29, 1.82) is 0 Å². The molecule has 0 bridgehead atoms. The molecular formula is C20H18FNO4S. The highest BCUT2D eigenvalue weighted by Gasteiger charge is 2.39. The third-order valence-corrected chi connectivity index (χ3v) is 5.15. The summed E-state index contributed by atoms with van der Waals surface area (Å²) < 4.78 is 18.2. The van der Waals surface area contributed by atoms with Gasteiger partial charge in [-0.3, -0.25) is 14.5 Å². The van der Waals surface area contributed by atoms with Gasteiger partial charge in [0.25, 0.3) is 11.8 Å². The Morgan fingerprint density at radius 1 is 1.04 bits per heavy atom. The summed E-state index contributed by atoms with van der Waals surface area (Å²) in [6, 6.07) is 12.6. The van der Waals surface area contributed by atoms with Crippen molar-refractivity contribution < 1.29 is 23.8 Å². The number of aliphatic hydroxyl groups is 1. The van der Waals surface area contributed by atoms with E-state index in [4.69, 9.17) is 9.84 Å². The van der Waals surface area contributed by atoms with Gasteiger partial charge in [0.1, 0.15) is 11.6 Å². The topological polar surface area (TPSA) is 66.8 Å². The molecule has 2 amide bonds. The second-order valence-corrected chi connectivity index (χ2v) is 6.93. The monoisotopic (exact) mass is 387 g/mol. The van der Waals surface area contributed by atoms with Gasteiger partial charge in [-0.25, -0.2) is 4.39 Å². The number of amides is 2. The van der Waals surface area contributed by atoms with Gasteiger partial charge in [0.05, 0.1) is 30.7 Å². The minimum atomic E-state index is -0.409. The molecule has 5 nitrogen and oxygen atoms in total. The van der Waals surface area contributed by atoms with E-state index in [1.807, 2.05) is 0 Å². The fourth-order valence-electron chi connectivity index (χ4n) is 2.76. The standard InChI is InChI=1S/C20H18FNO4S/c1-26-16-8-4-14(5-9-16)17-18(27-11-10-23)20(25)22(19(17)24)12-13-2-6-15(21)7-3-13/h2-9,23H,10-12H2,1H3. The molecule has 0 aliphatic carbocycles. The maximum atomic E-state index is 13.1. The van der Waals surface area contributed by atoms with E-state index in [1.165, 1.54) is 12.1 Å². The summed E-state index contributed by atoms with van der Waals surface area (Å²) in [5, 5.41) is 9.13. The minimum absolute atomic E-state index is 0.0563. The molecule has 0 spiro atoms. The number of halogens is 1. The average Bonchev–Trinajstić information content (AvgIpc) is 2.92. The molecule has 0 fully saturated rings. The smallest absolute Gasteiger partial charge is 0.268 e. The van der Waals surface area contributed by atoms with Gasteiger partial charge in [0, 0.05) is 5.75 Å². The van der Waals surface area contributed by atoms with Crippen molar-refractivity contribution in [2.75, 3.05) is 19.5 Å². The molecule has 0 radical (unpaired) electrons. The number of methoxy groups -OCH3 is 1. The second-order valence-electron chi connectivity index (χ2n) is 5.83. The Morgan fingerprint density at radius 3 is 2.30 bits per heavy atom. The van der Waals surface area contributed by atoms with Crippen LogP contribution in [0, 0.1) is 5.82 Å². The van der Waals surface area contributed by atoms with Crippen LogP contribution < -0.4 is 4.74 Å². The Hall–Kier alpha value is -2.64. The van der Waals surface area contributed by atoms with E-state index in [2.05, 4.69) is 0 Å². The van der Waals surface area contributed by atoms with Crippen molar-refractivity contribution in [3.05, 3.63) is 70.4 Å². The molecular weight excluding hydrogens is 369 g/mol. The lowest BCUT2D eigenvalue weighted by Gasteiger charge is -2.15. The highest BCUT2D eigenvalue weighted by molar-refractivity contribution is 8.04.